The zero-order chi connectivity index (χ0) is 9.26. The molecule has 0 saturated heterocycles. The number of aromatic amines is 1. The van der Waals surface area contributed by atoms with Crippen molar-refractivity contribution in [3.8, 4) is 10.7 Å². The summed E-state index contributed by atoms with van der Waals surface area (Å²) in [6.45, 7) is 4.25. The fourth-order valence-corrected chi connectivity index (χ4v) is 1.91. The molecule has 0 amide bonds. The number of nitrogens with one attached hydrogen (secondary N) is 1. The SMILES string of the molecule is CC(C)c1csc(-c2cn[nH]n2)n1. The van der Waals surface area contributed by atoms with Crippen molar-refractivity contribution in [2.24, 2.45) is 0 Å². The van der Waals surface area contributed by atoms with Crippen LogP contribution < -0.4 is 0 Å². The average molecular weight is 194 g/mol. The molecule has 0 bridgehead atoms. The monoisotopic (exact) mass is 194 g/mol. The number of nitrogens with zero attached hydrogens (tertiary/aromatic N) is 3. The van der Waals surface area contributed by atoms with Gasteiger partial charge in [-0.25, -0.2) is 4.98 Å². The molecule has 0 saturated carbocycles. The average Bonchev–Trinajstić information content (AvgIpc) is 2.75. The molecule has 2 aromatic heterocycles. The highest BCUT2D eigenvalue weighted by atomic mass is 32.1. The van der Waals surface area contributed by atoms with Crippen LogP contribution in [0.5, 0.6) is 0 Å². The highest BCUT2D eigenvalue weighted by molar-refractivity contribution is 7.13. The van der Waals surface area contributed by atoms with E-state index < -0.39 is 0 Å². The number of hydrogen-bond donors (Lipinski definition) is 1. The quantitative estimate of drug-likeness (QED) is 0.796. The summed E-state index contributed by atoms with van der Waals surface area (Å²) in [5.74, 6) is 0.469. The van der Waals surface area contributed by atoms with E-state index in [2.05, 4.69) is 39.6 Å². The Balaban J connectivity index is 2.33. The molecular formula is C8H10N4S. The maximum absolute atomic E-state index is 4.45. The van der Waals surface area contributed by atoms with Gasteiger partial charge in [-0.05, 0) is 5.92 Å². The summed E-state index contributed by atoms with van der Waals surface area (Å²) in [5.41, 5.74) is 1.93. The molecule has 68 valence electrons. The van der Waals surface area contributed by atoms with Gasteiger partial charge in [-0.15, -0.1) is 11.3 Å². The molecule has 0 spiro atoms. The lowest BCUT2D eigenvalue weighted by Gasteiger charge is -1.95. The molecular weight excluding hydrogens is 184 g/mol. The Bertz CT molecular complexity index is 377. The first-order chi connectivity index (χ1) is 6.27. The molecule has 2 rings (SSSR count). The fraction of sp³-hybridized carbons (Fsp3) is 0.375. The third-order valence-electron chi connectivity index (χ3n) is 1.75. The van der Waals surface area contributed by atoms with E-state index in [1.807, 2.05) is 0 Å². The standard InChI is InChI=1S/C8H10N4S/c1-5(2)7-4-13-8(10-7)6-3-9-12-11-6/h3-5H,1-2H3,(H,9,11,12). The van der Waals surface area contributed by atoms with Crippen molar-refractivity contribution < 1.29 is 0 Å². The van der Waals surface area contributed by atoms with Gasteiger partial charge in [0, 0.05) is 5.38 Å². The topological polar surface area (TPSA) is 54.5 Å². The Hall–Kier alpha value is -1.23. The third-order valence-corrected chi connectivity index (χ3v) is 2.63. The molecule has 0 aliphatic heterocycles. The summed E-state index contributed by atoms with van der Waals surface area (Å²) in [7, 11) is 0. The Kier molecular flexibility index (Phi) is 2.10. The van der Waals surface area contributed by atoms with Crippen LogP contribution in [0.4, 0.5) is 0 Å². The number of H-pyrrole nitrogens is 1. The summed E-state index contributed by atoms with van der Waals surface area (Å²) in [6, 6.07) is 0. The lowest BCUT2D eigenvalue weighted by molar-refractivity contribution is 0.833. The lowest BCUT2D eigenvalue weighted by atomic mass is 10.2. The molecule has 2 aromatic rings. The first-order valence-corrected chi connectivity index (χ1v) is 4.97. The van der Waals surface area contributed by atoms with Crippen molar-refractivity contribution in [3.63, 3.8) is 0 Å². The second-order valence-electron chi connectivity index (χ2n) is 3.09. The Morgan fingerprint density at radius 1 is 1.46 bits per heavy atom. The van der Waals surface area contributed by atoms with E-state index in [-0.39, 0.29) is 0 Å². The van der Waals surface area contributed by atoms with Crippen LogP contribution in [0.1, 0.15) is 25.5 Å². The molecule has 0 unspecified atom stereocenters. The largest absolute Gasteiger partial charge is 0.239 e. The third kappa shape index (κ3) is 1.60. The van der Waals surface area contributed by atoms with E-state index in [4.69, 9.17) is 0 Å². The smallest absolute Gasteiger partial charge is 0.145 e. The Morgan fingerprint density at radius 3 is 2.85 bits per heavy atom. The van der Waals surface area contributed by atoms with Gasteiger partial charge in [-0.3, -0.25) is 0 Å². The summed E-state index contributed by atoms with van der Waals surface area (Å²) in [4.78, 5) is 4.45. The molecule has 13 heavy (non-hydrogen) atoms. The summed E-state index contributed by atoms with van der Waals surface area (Å²) in [5, 5.41) is 13.3. The first-order valence-electron chi connectivity index (χ1n) is 4.09. The molecule has 2 heterocycles. The molecule has 1 N–H and O–H groups in total. The van der Waals surface area contributed by atoms with Crippen LogP contribution in [0.25, 0.3) is 10.7 Å². The van der Waals surface area contributed by atoms with Crippen LogP contribution >= 0.6 is 11.3 Å². The van der Waals surface area contributed by atoms with Gasteiger partial charge in [0.15, 0.2) is 0 Å². The number of rotatable bonds is 2. The van der Waals surface area contributed by atoms with E-state index in [9.17, 15) is 0 Å². The van der Waals surface area contributed by atoms with Gasteiger partial charge in [-0.2, -0.15) is 15.4 Å². The Labute approximate surface area is 80.0 Å². The van der Waals surface area contributed by atoms with Gasteiger partial charge < -0.3 is 0 Å². The van der Waals surface area contributed by atoms with Gasteiger partial charge in [0.05, 0.1) is 11.9 Å². The zero-order valence-corrected chi connectivity index (χ0v) is 8.30. The van der Waals surface area contributed by atoms with Crippen molar-refractivity contribution >= 4 is 11.3 Å². The molecule has 5 heteroatoms. The van der Waals surface area contributed by atoms with Crippen LogP contribution in [0.2, 0.25) is 0 Å². The molecule has 0 aromatic carbocycles. The van der Waals surface area contributed by atoms with E-state index in [1.54, 1.807) is 17.5 Å². The summed E-state index contributed by atoms with van der Waals surface area (Å²) >= 11 is 1.60. The first kappa shape index (κ1) is 8.37. The van der Waals surface area contributed by atoms with Crippen LogP contribution in [0, 0.1) is 0 Å². The van der Waals surface area contributed by atoms with Crippen molar-refractivity contribution in [3.05, 3.63) is 17.3 Å². The highest BCUT2D eigenvalue weighted by Crippen LogP contribution is 2.24. The number of thiazole rings is 1. The van der Waals surface area contributed by atoms with Crippen molar-refractivity contribution in [2.75, 3.05) is 0 Å². The van der Waals surface area contributed by atoms with E-state index >= 15 is 0 Å². The van der Waals surface area contributed by atoms with Crippen LogP contribution in [-0.2, 0) is 0 Å². The minimum absolute atomic E-state index is 0.469. The maximum atomic E-state index is 4.45. The maximum Gasteiger partial charge on any atom is 0.145 e. The summed E-state index contributed by atoms with van der Waals surface area (Å²) in [6.07, 6.45) is 1.68. The van der Waals surface area contributed by atoms with Gasteiger partial charge in [0.25, 0.3) is 0 Å². The number of aromatic nitrogens is 4. The molecule has 0 aliphatic carbocycles. The minimum Gasteiger partial charge on any atom is -0.239 e. The normalized spacial score (nSPS) is 11.0. The minimum atomic E-state index is 0.469. The van der Waals surface area contributed by atoms with Gasteiger partial charge in [-0.1, -0.05) is 13.8 Å². The summed E-state index contributed by atoms with van der Waals surface area (Å²) < 4.78 is 0. The van der Waals surface area contributed by atoms with Gasteiger partial charge in [0.2, 0.25) is 0 Å². The predicted molar refractivity (Wildman–Crippen MR) is 51.6 cm³/mol. The second-order valence-corrected chi connectivity index (χ2v) is 3.95. The van der Waals surface area contributed by atoms with Crippen molar-refractivity contribution in [1.29, 1.82) is 0 Å². The van der Waals surface area contributed by atoms with E-state index in [1.165, 1.54) is 0 Å². The predicted octanol–water partition coefficient (Wildman–Crippen LogP) is 2.05. The molecule has 0 fully saturated rings. The molecule has 0 aliphatic rings. The zero-order valence-electron chi connectivity index (χ0n) is 7.48. The van der Waals surface area contributed by atoms with E-state index in [0.29, 0.717) is 5.92 Å². The fourth-order valence-electron chi connectivity index (χ4n) is 0.974. The van der Waals surface area contributed by atoms with Crippen LogP contribution in [0.15, 0.2) is 11.6 Å². The number of hydrogen-bond acceptors (Lipinski definition) is 4. The van der Waals surface area contributed by atoms with Gasteiger partial charge in [0.1, 0.15) is 10.7 Å². The van der Waals surface area contributed by atoms with Crippen molar-refractivity contribution in [1.82, 2.24) is 20.4 Å². The van der Waals surface area contributed by atoms with Gasteiger partial charge >= 0.3 is 0 Å². The molecule has 0 radical (unpaired) electrons. The highest BCUT2D eigenvalue weighted by Gasteiger charge is 2.08. The van der Waals surface area contributed by atoms with Crippen molar-refractivity contribution in [2.45, 2.75) is 19.8 Å². The van der Waals surface area contributed by atoms with Crippen LogP contribution in [0.3, 0.4) is 0 Å². The van der Waals surface area contributed by atoms with E-state index in [0.717, 1.165) is 16.4 Å². The Morgan fingerprint density at radius 2 is 2.31 bits per heavy atom. The van der Waals surface area contributed by atoms with Crippen LogP contribution in [-0.4, -0.2) is 20.4 Å². The second kappa shape index (κ2) is 3.26. The molecule has 0 atom stereocenters. The lowest BCUT2D eigenvalue weighted by Crippen LogP contribution is -1.86. The molecule has 4 nitrogen and oxygen atoms in total.